The maximum atomic E-state index is 12.4. The molecule has 2 aromatic carbocycles. The van der Waals surface area contributed by atoms with Gasteiger partial charge in [0.05, 0.1) is 6.61 Å². The van der Waals surface area contributed by atoms with Crippen LogP contribution in [0.5, 0.6) is 5.75 Å². The van der Waals surface area contributed by atoms with Gasteiger partial charge in [-0.2, -0.15) is 0 Å². The van der Waals surface area contributed by atoms with E-state index in [4.69, 9.17) is 19.3 Å². The van der Waals surface area contributed by atoms with Gasteiger partial charge in [-0.25, -0.2) is 4.79 Å². The molecule has 0 fully saturated rings. The van der Waals surface area contributed by atoms with E-state index in [1.165, 1.54) is 7.11 Å². The number of anilines is 1. The second-order valence-corrected chi connectivity index (χ2v) is 6.80. The van der Waals surface area contributed by atoms with Gasteiger partial charge < -0.3 is 24.4 Å². The third-order valence-electron chi connectivity index (χ3n) is 3.93. The quantitative estimate of drug-likeness (QED) is 0.509. The third kappa shape index (κ3) is 6.79. The van der Waals surface area contributed by atoms with Gasteiger partial charge in [-0.05, 0) is 42.0 Å². The summed E-state index contributed by atoms with van der Waals surface area (Å²) >= 11 is 3.34. The molecule has 0 bridgehead atoms. The summed E-state index contributed by atoms with van der Waals surface area (Å²) in [7, 11) is 1.50. The first-order chi connectivity index (χ1) is 13.6. The van der Waals surface area contributed by atoms with Crippen molar-refractivity contribution < 1.29 is 29.2 Å². The van der Waals surface area contributed by atoms with Crippen molar-refractivity contribution in [2.45, 2.75) is 18.6 Å². The highest BCUT2D eigenvalue weighted by Gasteiger charge is 2.27. The molecule has 2 atom stereocenters. The second-order valence-electron chi connectivity index (χ2n) is 5.89. The average Bonchev–Trinajstić information content (AvgIpc) is 2.71. The molecule has 2 rings (SSSR count). The zero-order valence-electron chi connectivity index (χ0n) is 15.5. The minimum atomic E-state index is -0.759. The highest BCUT2D eigenvalue weighted by atomic mass is 79.9. The molecule has 0 spiro atoms. The van der Waals surface area contributed by atoms with Crippen LogP contribution in [0.4, 0.5) is 10.5 Å². The predicted octanol–water partition coefficient (Wildman–Crippen LogP) is 3.51. The number of hydrogen-bond donors (Lipinski definition) is 3. The average molecular weight is 454 g/mol. The number of carbonyl (C=O) groups excluding carboxylic acids is 1. The Morgan fingerprint density at radius 1 is 1.14 bits per heavy atom. The molecule has 8 heteroatoms. The van der Waals surface area contributed by atoms with Crippen molar-refractivity contribution in [3.05, 3.63) is 58.6 Å². The number of rotatable bonds is 10. The van der Waals surface area contributed by atoms with Crippen LogP contribution in [0.3, 0.4) is 0 Å². The van der Waals surface area contributed by atoms with Gasteiger partial charge in [0.15, 0.2) is 6.10 Å². The lowest BCUT2D eigenvalue weighted by atomic mass is 10.0. The molecule has 7 nitrogen and oxygen atoms in total. The Hall–Kier alpha value is -2.13. The SMILES string of the molecule is CO[C@@H](CCO)[C@@H](OC(=O)Nc1ccc(Br)cc1)c1cccc(OCCO)c1. The van der Waals surface area contributed by atoms with Crippen LogP contribution >= 0.6 is 15.9 Å². The van der Waals surface area contributed by atoms with E-state index in [1.54, 1.807) is 48.5 Å². The number of carbonyl (C=O) groups is 1. The maximum Gasteiger partial charge on any atom is 0.412 e. The number of hydrogen-bond acceptors (Lipinski definition) is 6. The number of aliphatic hydroxyl groups excluding tert-OH is 2. The number of aliphatic hydroxyl groups is 2. The topological polar surface area (TPSA) is 97.2 Å². The van der Waals surface area contributed by atoms with Crippen LogP contribution in [0.1, 0.15) is 18.1 Å². The number of ether oxygens (including phenoxy) is 3. The lowest BCUT2D eigenvalue weighted by molar-refractivity contribution is -0.0306. The third-order valence-corrected chi connectivity index (χ3v) is 4.45. The Balaban J connectivity index is 2.19. The van der Waals surface area contributed by atoms with Crippen molar-refractivity contribution in [2.75, 3.05) is 32.2 Å². The highest BCUT2D eigenvalue weighted by Crippen LogP contribution is 2.29. The molecular formula is C20H24BrNO6. The molecule has 152 valence electrons. The molecule has 0 saturated carbocycles. The van der Waals surface area contributed by atoms with Crippen molar-refractivity contribution in [2.24, 2.45) is 0 Å². The molecule has 3 N–H and O–H groups in total. The van der Waals surface area contributed by atoms with Crippen molar-refractivity contribution in [3.63, 3.8) is 0 Å². The zero-order valence-corrected chi connectivity index (χ0v) is 17.1. The normalized spacial score (nSPS) is 12.9. The van der Waals surface area contributed by atoms with Crippen molar-refractivity contribution in [1.29, 1.82) is 0 Å². The lowest BCUT2D eigenvalue weighted by Crippen LogP contribution is -2.29. The predicted molar refractivity (Wildman–Crippen MR) is 109 cm³/mol. The van der Waals surface area contributed by atoms with Gasteiger partial charge >= 0.3 is 6.09 Å². The fourth-order valence-corrected chi connectivity index (χ4v) is 2.88. The second kappa shape index (κ2) is 11.7. The minimum absolute atomic E-state index is 0.106. The smallest absolute Gasteiger partial charge is 0.412 e. The molecule has 0 aromatic heterocycles. The van der Waals surface area contributed by atoms with E-state index in [9.17, 15) is 9.90 Å². The van der Waals surface area contributed by atoms with E-state index in [0.717, 1.165) is 4.47 Å². The van der Waals surface area contributed by atoms with Gasteiger partial charge in [0.25, 0.3) is 0 Å². The fourth-order valence-electron chi connectivity index (χ4n) is 2.62. The molecule has 0 unspecified atom stereocenters. The van der Waals surface area contributed by atoms with E-state index >= 15 is 0 Å². The number of benzene rings is 2. The Kier molecular flexibility index (Phi) is 9.22. The molecule has 0 aliphatic rings. The largest absolute Gasteiger partial charge is 0.491 e. The van der Waals surface area contributed by atoms with E-state index in [0.29, 0.717) is 17.0 Å². The first-order valence-electron chi connectivity index (χ1n) is 8.78. The summed E-state index contributed by atoms with van der Waals surface area (Å²) < 4.78 is 17.4. The van der Waals surface area contributed by atoms with Crippen molar-refractivity contribution in [1.82, 2.24) is 0 Å². The molecule has 0 saturated heterocycles. The van der Waals surface area contributed by atoms with Crippen LogP contribution < -0.4 is 10.1 Å². The Morgan fingerprint density at radius 3 is 2.54 bits per heavy atom. The van der Waals surface area contributed by atoms with Gasteiger partial charge in [-0.15, -0.1) is 0 Å². The number of nitrogens with one attached hydrogen (secondary N) is 1. The van der Waals surface area contributed by atoms with Gasteiger partial charge in [0.2, 0.25) is 0 Å². The summed E-state index contributed by atoms with van der Waals surface area (Å²) in [6.07, 6.45) is -1.66. The molecule has 2 aromatic rings. The summed E-state index contributed by atoms with van der Waals surface area (Å²) in [5.74, 6) is 0.535. The molecule has 1 amide bonds. The first kappa shape index (κ1) is 22.2. The molecule has 0 aliphatic carbocycles. The number of methoxy groups -OCH3 is 1. The fraction of sp³-hybridized carbons (Fsp3) is 0.350. The number of amides is 1. The van der Waals surface area contributed by atoms with E-state index in [1.807, 2.05) is 0 Å². The minimum Gasteiger partial charge on any atom is -0.491 e. The summed E-state index contributed by atoms with van der Waals surface area (Å²) in [6.45, 7) is -0.0677. The summed E-state index contributed by atoms with van der Waals surface area (Å²) in [5, 5.41) is 20.9. The van der Waals surface area contributed by atoms with Gasteiger partial charge in [0, 0.05) is 30.3 Å². The highest BCUT2D eigenvalue weighted by molar-refractivity contribution is 9.10. The van der Waals surface area contributed by atoms with Crippen LogP contribution in [-0.2, 0) is 9.47 Å². The van der Waals surface area contributed by atoms with Crippen LogP contribution in [0, 0.1) is 0 Å². The Morgan fingerprint density at radius 2 is 1.89 bits per heavy atom. The van der Waals surface area contributed by atoms with Crippen LogP contribution in [0.15, 0.2) is 53.0 Å². The van der Waals surface area contributed by atoms with E-state index in [2.05, 4.69) is 21.2 Å². The zero-order chi connectivity index (χ0) is 20.4. The monoisotopic (exact) mass is 453 g/mol. The first-order valence-corrected chi connectivity index (χ1v) is 9.57. The summed E-state index contributed by atoms with van der Waals surface area (Å²) in [4.78, 5) is 12.4. The van der Waals surface area contributed by atoms with Gasteiger partial charge in [-0.3, -0.25) is 5.32 Å². The van der Waals surface area contributed by atoms with Gasteiger partial charge in [0.1, 0.15) is 18.5 Å². The van der Waals surface area contributed by atoms with Crippen molar-refractivity contribution in [3.8, 4) is 5.75 Å². The summed E-state index contributed by atoms with van der Waals surface area (Å²) in [5.41, 5.74) is 1.24. The molecule has 0 radical (unpaired) electrons. The van der Waals surface area contributed by atoms with Crippen LogP contribution in [0.2, 0.25) is 0 Å². The van der Waals surface area contributed by atoms with Crippen LogP contribution in [0.25, 0.3) is 0 Å². The Labute approximate surface area is 172 Å². The Bertz CT molecular complexity index is 740. The van der Waals surface area contributed by atoms with E-state index in [-0.39, 0.29) is 26.2 Å². The lowest BCUT2D eigenvalue weighted by Gasteiger charge is -2.26. The summed E-state index contributed by atoms with van der Waals surface area (Å²) in [6, 6.07) is 14.1. The molecule has 0 heterocycles. The maximum absolute atomic E-state index is 12.4. The van der Waals surface area contributed by atoms with E-state index < -0.39 is 18.3 Å². The molecular weight excluding hydrogens is 430 g/mol. The molecule has 28 heavy (non-hydrogen) atoms. The van der Waals surface area contributed by atoms with Crippen LogP contribution in [-0.4, -0.2) is 49.3 Å². The number of halogens is 1. The standard InChI is InChI=1S/C20H24BrNO6/c1-26-18(9-10-23)19(14-3-2-4-17(13-14)27-12-11-24)28-20(25)22-16-7-5-15(21)6-8-16/h2-8,13,18-19,23-24H,9-12H2,1H3,(H,22,25)/t18-,19-/m0/s1. The van der Waals surface area contributed by atoms with Gasteiger partial charge in [-0.1, -0.05) is 28.1 Å². The van der Waals surface area contributed by atoms with Crippen molar-refractivity contribution >= 4 is 27.7 Å². The molecule has 0 aliphatic heterocycles.